The van der Waals surface area contributed by atoms with Gasteiger partial charge >= 0.3 is 17.7 Å². The van der Waals surface area contributed by atoms with E-state index in [0.717, 1.165) is 11.3 Å². The third-order valence-electron chi connectivity index (χ3n) is 6.45. The Bertz CT molecular complexity index is 1260. The molecule has 1 atom stereocenters. The summed E-state index contributed by atoms with van der Waals surface area (Å²) in [6, 6.07) is 9.94. The van der Waals surface area contributed by atoms with E-state index in [4.69, 9.17) is 25.8 Å². The van der Waals surface area contributed by atoms with Gasteiger partial charge in [-0.15, -0.1) is 0 Å². The van der Waals surface area contributed by atoms with Crippen LogP contribution < -0.4 is 15.0 Å². The van der Waals surface area contributed by atoms with E-state index >= 15 is 0 Å². The predicted molar refractivity (Wildman–Crippen MR) is 161 cm³/mol. The Kier molecular flexibility index (Phi) is 10.7. The van der Waals surface area contributed by atoms with Gasteiger partial charge in [0.05, 0.1) is 17.1 Å². The zero-order valence-electron chi connectivity index (χ0n) is 25.4. The van der Waals surface area contributed by atoms with Gasteiger partial charge < -0.3 is 29.3 Å². The summed E-state index contributed by atoms with van der Waals surface area (Å²) in [7, 11) is 1.34. The molecule has 0 spiro atoms. The molecule has 0 radical (unpaired) electrons. The zero-order valence-corrected chi connectivity index (χ0v) is 26.1. The van der Waals surface area contributed by atoms with Gasteiger partial charge in [-0.2, -0.15) is 0 Å². The Morgan fingerprint density at radius 3 is 2.12 bits per heavy atom. The lowest BCUT2D eigenvalue weighted by molar-refractivity contribution is -0.385. The van der Waals surface area contributed by atoms with Crippen LogP contribution in [0.3, 0.4) is 0 Å². The molecule has 1 unspecified atom stereocenters. The van der Waals surface area contributed by atoms with Gasteiger partial charge in [-0.25, -0.2) is 4.79 Å². The summed E-state index contributed by atoms with van der Waals surface area (Å²) >= 11 is 6.37. The second kappa shape index (κ2) is 13.6. The van der Waals surface area contributed by atoms with Gasteiger partial charge in [0.15, 0.2) is 5.75 Å². The minimum Gasteiger partial charge on any atom is -0.490 e. The van der Waals surface area contributed by atoms with Crippen LogP contribution in [0.2, 0.25) is 5.02 Å². The van der Waals surface area contributed by atoms with Crippen LogP contribution >= 0.6 is 11.6 Å². The Morgan fingerprint density at radius 2 is 1.60 bits per heavy atom. The number of methoxy groups -OCH3 is 1. The molecular weight excluding hydrogens is 564 g/mol. The highest BCUT2D eigenvalue weighted by molar-refractivity contribution is 6.31. The number of rotatable bonds is 9. The standard InChI is InChI=1S/C30H41ClN4O7/c1-29(2,3)41-27(36)24(16-21-17-26(40-7)25(35(38)39)18-23(21)31)32-19-20-8-10-22(11-9-20)33-12-14-34(15-13-33)28(37)42-30(4,5)6/h8-11,17-18,24,32H,12-16,19H2,1-7H3. The number of hydrogen-bond donors (Lipinski definition) is 1. The molecule has 0 saturated carbocycles. The number of anilines is 1. The van der Waals surface area contributed by atoms with Crippen LogP contribution in [0.4, 0.5) is 16.2 Å². The molecule has 3 rings (SSSR count). The van der Waals surface area contributed by atoms with Crippen molar-refractivity contribution in [2.45, 2.75) is 71.8 Å². The molecule has 12 heteroatoms. The molecule has 1 aliphatic heterocycles. The van der Waals surface area contributed by atoms with Crippen LogP contribution in [0.25, 0.3) is 0 Å². The summed E-state index contributed by atoms with van der Waals surface area (Å²) in [5, 5.41) is 14.8. The number of carbonyl (C=O) groups excluding carboxylic acids is 2. The normalized spacial score (nSPS) is 14.8. The number of benzene rings is 2. The molecular formula is C30H41ClN4O7. The van der Waals surface area contributed by atoms with Gasteiger partial charge in [0.1, 0.15) is 17.2 Å². The first-order valence-electron chi connectivity index (χ1n) is 13.8. The molecule has 0 bridgehead atoms. The lowest BCUT2D eigenvalue weighted by Gasteiger charge is -2.36. The summed E-state index contributed by atoms with van der Waals surface area (Å²) in [6.07, 6.45) is -0.154. The van der Waals surface area contributed by atoms with E-state index in [2.05, 4.69) is 10.2 Å². The van der Waals surface area contributed by atoms with Crippen LogP contribution in [0.15, 0.2) is 36.4 Å². The van der Waals surface area contributed by atoms with Crippen molar-refractivity contribution < 1.29 is 28.7 Å². The average molecular weight is 605 g/mol. The number of nitrogens with zero attached hydrogens (tertiary/aromatic N) is 3. The third-order valence-corrected chi connectivity index (χ3v) is 6.80. The number of nitro groups is 1. The number of amides is 1. The second-order valence-electron chi connectivity index (χ2n) is 12.2. The molecule has 1 amide bonds. The van der Waals surface area contributed by atoms with Crippen molar-refractivity contribution in [1.82, 2.24) is 10.2 Å². The molecule has 0 aromatic heterocycles. The highest BCUT2D eigenvalue weighted by Gasteiger charge is 2.28. The molecule has 1 heterocycles. The van der Waals surface area contributed by atoms with Crippen molar-refractivity contribution in [2.75, 3.05) is 38.2 Å². The average Bonchev–Trinajstić information content (AvgIpc) is 2.90. The number of nitrogens with one attached hydrogen (secondary N) is 1. The highest BCUT2D eigenvalue weighted by Crippen LogP contribution is 2.33. The molecule has 1 saturated heterocycles. The Morgan fingerprint density at radius 1 is 1.00 bits per heavy atom. The first kappa shape index (κ1) is 32.9. The number of carbonyl (C=O) groups is 2. The van der Waals surface area contributed by atoms with Crippen LogP contribution in [0.5, 0.6) is 5.75 Å². The molecule has 1 N–H and O–H groups in total. The maximum atomic E-state index is 13.1. The molecule has 230 valence electrons. The highest BCUT2D eigenvalue weighted by atomic mass is 35.5. The van der Waals surface area contributed by atoms with E-state index in [1.165, 1.54) is 19.2 Å². The van der Waals surface area contributed by atoms with Crippen molar-refractivity contribution in [2.24, 2.45) is 0 Å². The minimum atomic E-state index is -0.770. The first-order chi connectivity index (χ1) is 19.6. The molecule has 1 fully saturated rings. The molecule has 0 aliphatic carbocycles. The quantitative estimate of drug-likeness (QED) is 0.229. The number of ether oxygens (including phenoxy) is 3. The Labute approximate surface area is 252 Å². The lowest BCUT2D eigenvalue weighted by Crippen LogP contribution is -2.50. The smallest absolute Gasteiger partial charge is 0.410 e. The summed E-state index contributed by atoms with van der Waals surface area (Å²) in [5.41, 5.74) is 1.02. The molecule has 42 heavy (non-hydrogen) atoms. The van der Waals surface area contributed by atoms with Crippen molar-refractivity contribution in [3.8, 4) is 5.75 Å². The summed E-state index contributed by atoms with van der Waals surface area (Å²) < 4.78 is 16.3. The van der Waals surface area contributed by atoms with E-state index in [1.54, 1.807) is 25.7 Å². The van der Waals surface area contributed by atoms with Crippen molar-refractivity contribution >= 4 is 35.0 Å². The molecule has 1 aliphatic rings. The number of esters is 1. The fourth-order valence-corrected chi connectivity index (χ4v) is 4.65. The number of nitro benzene ring substituents is 1. The first-order valence-corrected chi connectivity index (χ1v) is 14.2. The number of halogens is 1. The lowest BCUT2D eigenvalue weighted by atomic mass is 10.0. The fourth-order valence-electron chi connectivity index (χ4n) is 4.42. The van der Waals surface area contributed by atoms with Crippen molar-refractivity contribution in [3.63, 3.8) is 0 Å². The van der Waals surface area contributed by atoms with Crippen LogP contribution in [0.1, 0.15) is 52.7 Å². The maximum absolute atomic E-state index is 13.1. The van der Waals surface area contributed by atoms with Crippen LogP contribution in [0, 0.1) is 10.1 Å². The van der Waals surface area contributed by atoms with E-state index in [0.29, 0.717) is 38.3 Å². The van der Waals surface area contributed by atoms with E-state index in [9.17, 15) is 19.7 Å². The fraction of sp³-hybridized carbons (Fsp3) is 0.533. The van der Waals surface area contributed by atoms with Gasteiger partial charge in [-0.05, 0) is 70.9 Å². The summed E-state index contributed by atoms with van der Waals surface area (Å²) in [6.45, 7) is 13.8. The SMILES string of the molecule is COc1cc(CC(NCc2ccc(N3CCN(C(=O)OC(C)(C)C)CC3)cc2)C(=O)OC(C)(C)C)c(Cl)cc1[N+](=O)[O-]. The van der Waals surface area contributed by atoms with E-state index in [-0.39, 0.29) is 29.0 Å². The largest absolute Gasteiger partial charge is 0.490 e. The maximum Gasteiger partial charge on any atom is 0.410 e. The second-order valence-corrected chi connectivity index (χ2v) is 12.6. The predicted octanol–water partition coefficient (Wildman–Crippen LogP) is 5.36. The topological polar surface area (TPSA) is 123 Å². The minimum absolute atomic E-state index is 0.0601. The van der Waals surface area contributed by atoms with Gasteiger partial charge in [-0.1, -0.05) is 23.7 Å². The summed E-state index contributed by atoms with van der Waals surface area (Å²) in [5.74, 6) is -0.403. The van der Waals surface area contributed by atoms with E-state index < -0.39 is 28.1 Å². The Hall–Kier alpha value is -3.57. The van der Waals surface area contributed by atoms with Crippen molar-refractivity contribution in [3.05, 3.63) is 62.7 Å². The van der Waals surface area contributed by atoms with Gasteiger partial charge in [-0.3, -0.25) is 14.9 Å². The zero-order chi connectivity index (χ0) is 31.2. The monoisotopic (exact) mass is 604 g/mol. The van der Waals surface area contributed by atoms with Gasteiger partial charge in [0, 0.05) is 50.9 Å². The molecule has 2 aromatic carbocycles. The van der Waals surface area contributed by atoms with E-state index in [1.807, 2.05) is 45.0 Å². The van der Waals surface area contributed by atoms with Gasteiger partial charge in [0.2, 0.25) is 0 Å². The third kappa shape index (κ3) is 9.49. The number of piperazine rings is 1. The van der Waals surface area contributed by atoms with Crippen LogP contribution in [-0.4, -0.2) is 72.4 Å². The van der Waals surface area contributed by atoms with Crippen LogP contribution in [-0.2, 0) is 27.2 Å². The number of hydrogen-bond acceptors (Lipinski definition) is 9. The van der Waals surface area contributed by atoms with Gasteiger partial charge in [0.25, 0.3) is 0 Å². The molecule has 2 aromatic rings. The molecule has 11 nitrogen and oxygen atoms in total. The van der Waals surface area contributed by atoms with Crippen molar-refractivity contribution in [1.29, 1.82) is 0 Å². The summed E-state index contributed by atoms with van der Waals surface area (Å²) in [4.78, 5) is 40.2. The Balaban J connectivity index is 1.67.